The van der Waals surface area contributed by atoms with Gasteiger partial charge in [-0.25, -0.2) is 9.50 Å². The van der Waals surface area contributed by atoms with Crippen molar-refractivity contribution in [3.8, 4) is 0 Å². The maximum atomic E-state index is 12.4. The Morgan fingerprint density at radius 2 is 2.20 bits per heavy atom. The molecule has 1 atom stereocenters. The van der Waals surface area contributed by atoms with Crippen molar-refractivity contribution in [1.82, 2.24) is 19.5 Å². The average molecular weight is 276 g/mol. The lowest BCUT2D eigenvalue weighted by atomic mass is 10.2. The molecule has 1 N–H and O–H groups in total. The third-order valence-corrected chi connectivity index (χ3v) is 3.24. The molecule has 0 fully saturated rings. The number of carbonyl (C=O) groups is 1. The minimum atomic E-state index is -0.420. The second kappa shape index (κ2) is 5.58. The number of aromatic nitrogens is 3. The number of aryl methyl sites for hydroxylation is 2. The van der Waals surface area contributed by atoms with E-state index in [1.54, 1.807) is 29.6 Å². The van der Waals surface area contributed by atoms with E-state index < -0.39 is 6.10 Å². The quantitative estimate of drug-likeness (QED) is 0.910. The van der Waals surface area contributed by atoms with Crippen molar-refractivity contribution in [3.05, 3.63) is 29.2 Å². The van der Waals surface area contributed by atoms with Crippen LogP contribution in [0.3, 0.4) is 0 Å². The van der Waals surface area contributed by atoms with Crippen LogP contribution in [-0.2, 0) is 0 Å². The molecule has 20 heavy (non-hydrogen) atoms. The lowest BCUT2D eigenvalue weighted by Gasteiger charge is -2.17. The predicted octanol–water partition coefficient (Wildman–Crippen LogP) is 1.19. The number of hydrogen-bond acceptors (Lipinski definition) is 4. The molecule has 6 heteroatoms. The van der Waals surface area contributed by atoms with Gasteiger partial charge in [-0.2, -0.15) is 5.10 Å². The summed E-state index contributed by atoms with van der Waals surface area (Å²) in [4.78, 5) is 18.4. The summed E-state index contributed by atoms with van der Waals surface area (Å²) in [5.74, 6) is -0.127. The fourth-order valence-electron chi connectivity index (χ4n) is 2.11. The highest BCUT2D eigenvalue weighted by atomic mass is 16.3. The number of carbonyl (C=O) groups excluding carboxylic acids is 1. The first-order valence-corrected chi connectivity index (χ1v) is 6.65. The Morgan fingerprint density at radius 1 is 1.50 bits per heavy atom. The van der Waals surface area contributed by atoms with E-state index in [4.69, 9.17) is 0 Å². The van der Waals surface area contributed by atoms with E-state index >= 15 is 0 Å². The second-order valence-electron chi connectivity index (χ2n) is 5.20. The molecule has 0 aliphatic heterocycles. The molecular weight excluding hydrogens is 256 g/mol. The van der Waals surface area contributed by atoms with E-state index in [9.17, 15) is 9.90 Å². The Labute approximate surface area is 118 Å². The van der Waals surface area contributed by atoms with Crippen LogP contribution in [0.2, 0.25) is 0 Å². The number of hydrogen-bond donors (Lipinski definition) is 1. The van der Waals surface area contributed by atoms with Crippen molar-refractivity contribution in [2.24, 2.45) is 0 Å². The van der Waals surface area contributed by atoms with E-state index in [0.29, 0.717) is 24.2 Å². The summed E-state index contributed by atoms with van der Waals surface area (Å²) in [5, 5.41) is 13.5. The van der Waals surface area contributed by atoms with Crippen LogP contribution in [0, 0.1) is 13.8 Å². The summed E-state index contributed by atoms with van der Waals surface area (Å²) in [6.45, 7) is 6.03. The zero-order valence-electron chi connectivity index (χ0n) is 12.3. The van der Waals surface area contributed by atoms with Crippen LogP contribution < -0.4 is 0 Å². The van der Waals surface area contributed by atoms with E-state index in [1.807, 2.05) is 19.9 Å². The number of nitrogens with zero attached hydrogens (tertiary/aromatic N) is 4. The molecule has 0 aliphatic carbocycles. The molecule has 2 heterocycles. The molecule has 2 rings (SSSR count). The van der Waals surface area contributed by atoms with Crippen LogP contribution in [0.1, 0.15) is 35.1 Å². The summed E-state index contributed by atoms with van der Waals surface area (Å²) in [5.41, 5.74) is 2.87. The van der Waals surface area contributed by atoms with Gasteiger partial charge in [0.05, 0.1) is 12.3 Å². The summed E-state index contributed by atoms with van der Waals surface area (Å²) in [6.07, 6.45) is 1.68. The molecule has 1 unspecified atom stereocenters. The number of rotatable bonds is 4. The van der Waals surface area contributed by atoms with Gasteiger partial charge in [-0.15, -0.1) is 0 Å². The van der Waals surface area contributed by atoms with Gasteiger partial charge in [0.1, 0.15) is 5.56 Å². The lowest BCUT2D eigenvalue weighted by molar-refractivity contribution is 0.0770. The van der Waals surface area contributed by atoms with Crippen LogP contribution in [0.4, 0.5) is 0 Å². The smallest absolute Gasteiger partial charge is 0.259 e. The van der Waals surface area contributed by atoms with Crippen LogP contribution in [0.5, 0.6) is 0 Å². The van der Waals surface area contributed by atoms with Gasteiger partial charge in [0.2, 0.25) is 0 Å². The first-order chi connectivity index (χ1) is 9.40. The molecule has 2 aromatic rings. The van der Waals surface area contributed by atoms with E-state index in [0.717, 1.165) is 11.4 Å². The molecule has 0 radical (unpaired) electrons. The Bertz CT molecular complexity index is 633. The number of aliphatic hydroxyl groups is 1. The van der Waals surface area contributed by atoms with Gasteiger partial charge in [0.25, 0.3) is 5.91 Å². The maximum absolute atomic E-state index is 12.4. The summed E-state index contributed by atoms with van der Waals surface area (Å²) in [7, 11) is 1.72. The molecule has 0 saturated heterocycles. The summed E-state index contributed by atoms with van der Waals surface area (Å²) < 4.78 is 1.67. The van der Waals surface area contributed by atoms with Gasteiger partial charge in [-0.1, -0.05) is 0 Å². The Balaban J connectivity index is 2.31. The number of fused-ring (bicyclic) bond motifs is 1. The molecule has 0 saturated carbocycles. The monoisotopic (exact) mass is 276 g/mol. The minimum Gasteiger partial charge on any atom is -0.393 e. The zero-order valence-corrected chi connectivity index (χ0v) is 12.3. The third kappa shape index (κ3) is 2.80. The minimum absolute atomic E-state index is 0.127. The standard InChI is InChI=1S/C14H20N4O2/c1-9-7-10(2)18-13(16-9)12(8-15-18)14(20)17(4)6-5-11(3)19/h7-8,11,19H,5-6H2,1-4H3. The molecule has 0 bridgehead atoms. The average Bonchev–Trinajstić information content (AvgIpc) is 2.78. The van der Waals surface area contributed by atoms with E-state index in [2.05, 4.69) is 10.1 Å². The van der Waals surface area contributed by atoms with Gasteiger partial charge in [-0.05, 0) is 33.3 Å². The number of aliphatic hydroxyl groups excluding tert-OH is 1. The van der Waals surface area contributed by atoms with Crippen molar-refractivity contribution in [3.63, 3.8) is 0 Å². The number of amides is 1. The molecule has 0 spiro atoms. The second-order valence-corrected chi connectivity index (χ2v) is 5.20. The van der Waals surface area contributed by atoms with Gasteiger partial charge in [-0.3, -0.25) is 4.79 Å². The molecular formula is C14H20N4O2. The third-order valence-electron chi connectivity index (χ3n) is 3.24. The fourth-order valence-corrected chi connectivity index (χ4v) is 2.11. The lowest BCUT2D eigenvalue weighted by Crippen LogP contribution is -2.29. The van der Waals surface area contributed by atoms with Gasteiger partial charge >= 0.3 is 0 Å². The van der Waals surface area contributed by atoms with Crippen LogP contribution in [0.25, 0.3) is 5.65 Å². The Kier molecular flexibility index (Phi) is 4.04. The van der Waals surface area contributed by atoms with Crippen molar-refractivity contribution in [1.29, 1.82) is 0 Å². The maximum Gasteiger partial charge on any atom is 0.259 e. The molecule has 1 amide bonds. The van der Waals surface area contributed by atoms with Crippen molar-refractivity contribution >= 4 is 11.6 Å². The Morgan fingerprint density at radius 3 is 2.85 bits per heavy atom. The summed E-state index contributed by atoms with van der Waals surface area (Å²) >= 11 is 0. The normalized spacial score (nSPS) is 12.7. The first kappa shape index (κ1) is 14.5. The topological polar surface area (TPSA) is 70.7 Å². The highest BCUT2D eigenvalue weighted by Gasteiger charge is 2.19. The van der Waals surface area contributed by atoms with E-state index in [-0.39, 0.29) is 5.91 Å². The fraction of sp³-hybridized carbons (Fsp3) is 0.500. The molecule has 0 aliphatic rings. The predicted molar refractivity (Wildman–Crippen MR) is 75.7 cm³/mol. The van der Waals surface area contributed by atoms with Crippen LogP contribution in [-0.4, -0.2) is 50.2 Å². The molecule has 0 aromatic carbocycles. The van der Waals surface area contributed by atoms with Crippen molar-refractivity contribution in [2.45, 2.75) is 33.3 Å². The van der Waals surface area contributed by atoms with Crippen LogP contribution >= 0.6 is 0 Å². The van der Waals surface area contributed by atoms with Gasteiger partial charge in [0.15, 0.2) is 5.65 Å². The molecule has 6 nitrogen and oxygen atoms in total. The highest BCUT2D eigenvalue weighted by Crippen LogP contribution is 2.14. The van der Waals surface area contributed by atoms with Crippen molar-refractivity contribution < 1.29 is 9.90 Å². The first-order valence-electron chi connectivity index (χ1n) is 6.65. The summed E-state index contributed by atoms with van der Waals surface area (Å²) in [6, 6.07) is 1.92. The molecule has 2 aromatic heterocycles. The van der Waals surface area contributed by atoms with Gasteiger partial charge in [0, 0.05) is 25.0 Å². The SMILES string of the molecule is Cc1cc(C)n2ncc(C(=O)N(C)CCC(C)O)c2n1. The largest absolute Gasteiger partial charge is 0.393 e. The Hall–Kier alpha value is -1.95. The zero-order chi connectivity index (χ0) is 14.9. The van der Waals surface area contributed by atoms with Crippen LogP contribution in [0.15, 0.2) is 12.3 Å². The highest BCUT2D eigenvalue weighted by molar-refractivity contribution is 5.99. The molecule has 108 valence electrons. The van der Waals surface area contributed by atoms with E-state index in [1.165, 1.54) is 0 Å². The van der Waals surface area contributed by atoms with Crippen molar-refractivity contribution in [2.75, 3.05) is 13.6 Å². The van der Waals surface area contributed by atoms with Gasteiger partial charge < -0.3 is 10.0 Å².